The Kier molecular flexibility index (Phi) is 3.56. The molecule has 0 bridgehead atoms. The summed E-state index contributed by atoms with van der Waals surface area (Å²) in [7, 11) is 1.57. The number of hydrogen-bond donors (Lipinski definition) is 1. The molecule has 1 N–H and O–H groups in total. The number of ether oxygens (including phenoxy) is 1. The molecule has 0 fully saturated rings. The van der Waals surface area contributed by atoms with Crippen LogP contribution in [0.25, 0.3) is 17.0 Å². The van der Waals surface area contributed by atoms with E-state index in [0.29, 0.717) is 11.3 Å². The van der Waals surface area contributed by atoms with Crippen LogP contribution in [-0.2, 0) is 0 Å². The largest absolute Gasteiger partial charge is 0.496 e. The number of benzene rings is 2. The number of aromatic amines is 1. The van der Waals surface area contributed by atoms with Crippen molar-refractivity contribution in [3.63, 3.8) is 0 Å². The standard InChI is InChI=1S/C18H15NO2/c1-21-18-8-3-2-6-15(18)17(20)10-9-13-5-4-7-16-14(13)11-12-19-16/h2-12,19H,1H3. The van der Waals surface area contributed by atoms with Crippen molar-refractivity contribution in [1.82, 2.24) is 4.98 Å². The molecule has 0 aliphatic carbocycles. The number of carbonyl (C=O) groups is 1. The van der Waals surface area contributed by atoms with E-state index >= 15 is 0 Å². The Morgan fingerprint density at radius 1 is 1.10 bits per heavy atom. The molecule has 3 nitrogen and oxygen atoms in total. The second-order valence-corrected chi connectivity index (χ2v) is 4.68. The number of nitrogens with one attached hydrogen (secondary N) is 1. The van der Waals surface area contributed by atoms with E-state index in [1.54, 1.807) is 25.3 Å². The first-order chi connectivity index (χ1) is 10.3. The number of methoxy groups -OCH3 is 1. The molecule has 21 heavy (non-hydrogen) atoms. The van der Waals surface area contributed by atoms with Crippen molar-refractivity contribution in [3.8, 4) is 5.75 Å². The van der Waals surface area contributed by atoms with Crippen LogP contribution in [-0.4, -0.2) is 17.9 Å². The highest BCUT2D eigenvalue weighted by Crippen LogP contribution is 2.21. The lowest BCUT2D eigenvalue weighted by Gasteiger charge is -2.04. The highest BCUT2D eigenvalue weighted by molar-refractivity contribution is 6.09. The van der Waals surface area contributed by atoms with Crippen molar-refractivity contribution >= 4 is 22.8 Å². The molecule has 3 heteroatoms. The average molecular weight is 277 g/mol. The Morgan fingerprint density at radius 2 is 1.95 bits per heavy atom. The second kappa shape index (κ2) is 5.67. The maximum Gasteiger partial charge on any atom is 0.189 e. The zero-order valence-corrected chi connectivity index (χ0v) is 11.7. The number of rotatable bonds is 4. The zero-order valence-electron chi connectivity index (χ0n) is 11.7. The van der Waals surface area contributed by atoms with E-state index in [4.69, 9.17) is 4.74 Å². The van der Waals surface area contributed by atoms with Crippen molar-refractivity contribution in [2.24, 2.45) is 0 Å². The predicted octanol–water partition coefficient (Wildman–Crippen LogP) is 4.07. The number of para-hydroxylation sites is 1. The molecule has 1 aromatic heterocycles. The highest BCUT2D eigenvalue weighted by Gasteiger charge is 2.08. The van der Waals surface area contributed by atoms with Crippen LogP contribution >= 0.6 is 0 Å². The van der Waals surface area contributed by atoms with Crippen LogP contribution in [0.3, 0.4) is 0 Å². The Balaban J connectivity index is 1.92. The van der Waals surface area contributed by atoms with Crippen LogP contribution in [0.5, 0.6) is 5.75 Å². The van der Waals surface area contributed by atoms with Gasteiger partial charge in [-0.15, -0.1) is 0 Å². The van der Waals surface area contributed by atoms with E-state index in [9.17, 15) is 4.79 Å². The number of ketones is 1. The molecule has 0 atom stereocenters. The fourth-order valence-electron chi connectivity index (χ4n) is 2.36. The van der Waals surface area contributed by atoms with Gasteiger partial charge in [-0.3, -0.25) is 4.79 Å². The molecule has 0 aliphatic rings. The number of carbonyl (C=O) groups excluding carboxylic acids is 1. The van der Waals surface area contributed by atoms with Gasteiger partial charge in [0.25, 0.3) is 0 Å². The number of aromatic nitrogens is 1. The van der Waals surface area contributed by atoms with E-state index in [2.05, 4.69) is 4.98 Å². The minimum atomic E-state index is -0.0695. The lowest BCUT2D eigenvalue weighted by Crippen LogP contribution is -1.98. The van der Waals surface area contributed by atoms with Gasteiger partial charge in [-0.2, -0.15) is 0 Å². The van der Waals surface area contributed by atoms with Gasteiger partial charge in [0.2, 0.25) is 0 Å². The lowest BCUT2D eigenvalue weighted by molar-refractivity contribution is 0.104. The summed E-state index contributed by atoms with van der Waals surface area (Å²) >= 11 is 0. The number of allylic oxidation sites excluding steroid dienone is 1. The Labute approximate surface area is 122 Å². The molecule has 0 radical (unpaired) electrons. The van der Waals surface area contributed by atoms with Crippen LogP contribution in [0.4, 0.5) is 0 Å². The fourth-order valence-corrected chi connectivity index (χ4v) is 2.36. The fraction of sp³-hybridized carbons (Fsp3) is 0.0556. The molecule has 0 spiro atoms. The molecule has 0 saturated carbocycles. The summed E-state index contributed by atoms with van der Waals surface area (Å²) in [6.07, 6.45) is 5.31. The molecule has 104 valence electrons. The van der Waals surface area contributed by atoms with Gasteiger partial charge in [0.05, 0.1) is 12.7 Å². The summed E-state index contributed by atoms with van der Waals surface area (Å²) in [6, 6.07) is 15.2. The van der Waals surface area contributed by atoms with Crippen LogP contribution in [0.15, 0.2) is 60.8 Å². The van der Waals surface area contributed by atoms with E-state index < -0.39 is 0 Å². The first kappa shape index (κ1) is 13.2. The van der Waals surface area contributed by atoms with Crippen LogP contribution < -0.4 is 4.74 Å². The third-order valence-electron chi connectivity index (χ3n) is 3.42. The van der Waals surface area contributed by atoms with Gasteiger partial charge in [-0.25, -0.2) is 0 Å². The first-order valence-corrected chi connectivity index (χ1v) is 6.71. The summed E-state index contributed by atoms with van der Waals surface area (Å²) in [6.45, 7) is 0. The van der Waals surface area contributed by atoms with Gasteiger partial charge in [0.1, 0.15) is 5.75 Å². The van der Waals surface area contributed by atoms with Crippen LogP contribution in [0, 0.1) is 0 Å². The van der Waals surface area contributed by atoms with Gasteiger partial charge in [0.15, 0.2) is 5.78 Å². The summed E-state index contributed by atoms with van der Waals surface area (Å²) in [5.41, 5.74) is 2.64. The molecule has 3 aromatic rings. The maximum absolute atomic E-state index is 12.3. The minimum Gasteiger partial charge on any atom is -0.496 e. The molecular formula is C18H15NO2. The van der Waals surface area contributed by atoms with Crippen molar-refractivity contribution in [2.45, 2.75) is 0 Å². The second-order valence-electron chi connectivity index (χ2n) is 4.68. The van der Waals surface area contributed by atoms with Crippen molar-refractivity contribution in [3.05, 3.63) is 71.9 Å². The van der Waals surface area contributed by atoms with Crippen molar-refractivity contribution in [2.75, 3.05) is 7.11 Å². The molecule has 0 unspecified atom stereocenters. The minimum absolute atomic E-state index is 0.0695. The normalized spacial score (nSPS) is 11.1. The monoisotopic (exact) mass is 277 g/mol. The third-order valence-corrected chi connectivity index (χ3v) is 3.42. The number of fused-ring (bicyclic) bond motifs is 1. The maximum atomic E-state index is 12.3. The average Bonchev–Trinajstić information content (AvgIpc) is 3.01. The Hall–Kier alpha value is -2.81. The van der Waals surface area contributed by atoms with Gasteiger partial charge in [-0.05, 0) is 35.9 Å². The van der Waals surface area contributed by atoms with Gasteiger partial charge in [0, 0.05) is 17.1 Å². The quantitative estimate of drug-likeness (QED) is 0.577. The Morgan fingerprint density at radius 3 is 2.81 bits per heavy atom. The number of H-pyrrole nitrogens is 1. The van der Waals surface area contributed by atoms with Gasteiger partial charge < -0.3 is 9.72 Å². The Bertz CT molecular complexity index is 815. The third kappa shape index (κ3) is 2.58. The summed E-state index contributed by atoms with van der Waals surface area (Å²) < 4.78 is 5.22. The molecule has 0 saturated heterocycles. The zero-order chi connectivity index (χ0) is 14.7. The lowest BCUT2D eigenvalue weighted by atomic mass is 10.1. The summed E-state index contributed by atoms with van der Waals surface area (Å²) in [5, 5.41) is 1.10. The molecule has 0 amide bonds. The predicted molar refractivity (Wildman–Crippen MR) is 84.7 cm³/mol. The molecule has 2 aromatic carbocycles. The van der Waals surface area contributed by atoms with E-state index in [0.717, 1.165) is 16.5 Å². The van der Waals surface area contributed by atoms with E-state index in [-0.39, 0.29) is 5.78 Å². The first-order valence-electron chi connectivity index (χ1n) is 6.71. The summed E-state index contributed by atoms with van der Waals surface area (Å²) in [4.78, 5) is 15.5. The van der Waals surface area contributed by atoms with Crippen LogP contribution in [0.2, 0.25) is 0 Å². The molecular weight excluding hydrogens is 262 g/mol. The smallest absolute Gasteiger partial charge is 0.189 e. The van der Waals surface area contributed by atoms with Gasteiger partial charge >= 0.3 is 0 Å². The van der Waals surface area contributed by atoms with Gasteiger partial charge in [-0.1, -0.05) is 30.3 Å². The van der Waals surface area contributed by atoms with Crippen LogP contribution in [0.1, 0.15) is 15.9 Å². The summed E-state index contributed by atoms with van der Waals surface area (Å²) in [5.74, 6) is 0.520. The SMILES string of the molecule is COc1ccccc1C(=O)C=Cc1cccc2[nH]ccc12. The van der Waals surface area contributed by atoms with Crippen molar-refractivity contribution < 1.29 is 9.53 Å². The highest BCUT2D eigenvalue weighted by atomic mass is 16.5. The molecule has 1 heterocycles. The van der Waals surface area contributed by atoms with E-state index in [1.165, 1.54) is 0 Å². The molecule has 0 aliphatic heterocycles. The molecule has 3 rings (SSSR count). The topological polar surface area (TPSA) is 42.1 Å². The number of hydrogen-bond acceptors (Lipinski definition) is 2. The van der Waals surface area contributed by atoms with Crippen molar-refractivity contribution in [1.29, 1.82) is 0 Å². The van der Waals surface area contributed by atoms with E-state index in [1.807, 2.05) is 48.7 Å².